The summed E-state index contributed by atoms with van der Waals surface area (Å²) in [5.74, 6) is 1.77. The zero-order valence-corrected chi connectivity index (χ0v) is 17.9. The lowest BCUT2D eigenvalue weighted by molar-refractivity contribution is 0.210. The standard InChI is InChI=1S/C21H29N5S/c1-21(2,26(5)6)14-22-19-18-16(15-10-8-7-9-11-15)13-27-20(18)24-17(23-19)12-25(3)4/h7-11,13H,12,14H2,1-6H3,(H,22,23,24). The smallest absolute Gasteiger partial charge is 0.146 e. The highest BCUT2D eigenvalue weighted by Crippen LogP contribution is 2.37. The highest BCUT2D eigenvalue weighted by atomic mass is 32.1. The summed E-state index contributed by atoms with van der Waals surface area (Å²) in [5, 5.41) is 6.92. The molecule has 0 fully saturated rings. The summed E-state index contributed by atoms with van der Waals surface area (Å²) in [6, 6.07) is 10.5. The van der Waals surface area contributed by atoms with Crippen LogP contribution in [0.5, 0.6) is 0 Å². The maximum atomic E-state index is 4.89. The van der Waals surface area contributed by atoms with Gasteiger partial charge in [-0.1, -0.05) is 30.3 Å². The topological polar surface area (TPSA) is 44.3 Å². The second kappa shape index (κ2) is 7.92. The minimum atomic E-state index is 0.0158. The molecule has 0 saturated heterocycles. The van der Waals surface area contributed by atoms with E-state index in [0.29, 0.717) is 0 Å². The lowest BCUT2D eigenvalue weighted by Gasteiger charge is -2.33. The lowest BCUT2D eigenvalue weighted by atomic mass is 10.0. The molecule has 27 heavy (non-hydrogen) atoms. The van der Waals surface area contributed by atoms with Gasteiger partial charge in [0.1, 0.15) is 16.5 Å². The third-order valence-electron chi connectivity index (χ3n) is 4.92. The number of benzene rings is 1. The van der Waals surface area contributed by atoms with Crippen LogP contribution < -0.4 is 5.32 Å². The first-order chi connectivity index (χ1) is 12.8. The Hall–Kier alpha value is -2.02. The van der Waals surface area contributed by atoms with Crippen molar-refractivity contribution in [2.75, 3.05) is 40.1 Å². The van der Waals surface area contributed by atoms with Crippen molar-refractivity contribution in [2.24, 2.45) is 0 Å². The molecule has 0 aliphatic heterocycles. The normalized spacial score (nSPS) is 12.3. The molecule has 6 heteroatoms. The van der Waals surface area contributed by atoms with Crippen molar-refractivity contribution < 1.29 is 0 Å². The molecule has 0 radical (unpaired) electrons. The Bertz CT molecular complexity index is 900. The van der Waals surface area contributed by atoms with E-state index in [4.69, 9.17) is 9.97 Å². The quantitative estimate of drug-likeness (QED) is 0.663. The van der Waals surface area contributed by atoms with Gasteiger partial charge >= 0.3 is 0 Å². The van der Waals surface area contributed by atoms with E-state index in [-0.39, 0.29) is 5.54 Å². The van der Waals surface area contributed by atoms with E-state index in [1.54, 1.807) is 11.3 Å². The van der Waals surface area contributed by atoms with Crippen molar-refractivity contribution in [3.8, 4) is 11.1 Å². The van der Waals surface area contributed by atoms with Gasteiger partial charge in [-0.2, -0.15) is 0 Å². The van der Waals surface area contributed by atoms with Crippen molar-refractivity contribution in [1.82, 2.24) is 19.8 Å². The molecule has 2 aromatic heterocycles. The van der Waals surface area contributed by atoms with Crippen LogP contribution in [0.4, 0.5) is 5.82 Å². The number of hydrogen-bond acceptors (Lipinski definition) is 6. The summed E-state index contributed by atoms with van der Waals surface area (Å²) in [6.45, 7) is 5.98. The second-order valence-corrected chi connectivity index (χ2v) is 8.84. The summed E-state index contributed by atoms with van der Waals surface area (Å²) in [7, 11) is 8.29. The summed E-state index contributed by atoms with van der Waals surface area (Å²) in [6.07, 6.45) is 0. The van der Waals surface area contributed by atoms with Crippen molar-refractivity contribution in [3.63, 3.8) is 0 Å². The Kier molecular flexibility index (Phi) is 5.79. The zero-order chi connectivity index (χ0) is 19.6. The highest BCUT2D eigenvalue weighted by molar-refractivity contribution is 7.17. The lowest BCUT2D eigenvalue weighted by Crippen LogP contribution is -2.44. The van der Waals surface area contributed by atoms with Crippen LogP contribution in [0.3, 0.4) is 0 Å². The first-order valence-corrected chi connectivity index (χ1v) is 10.1. The number of aromatic nitrogens is 2. The van der Waals surface area contributed by atoms with E-state index in [1.165, 1.54) is 11.1 Å². The summed E-state index contributed by atoms with van der Waals surface area (Å²) < 4.78 is 0. The Morgan fingerprint density at radius 1 is 1.04 bits per heavy atom. The summed E-state index contributed by atoms with van der Waals surface area (Å²) >= 11 is 1.68. The van der Waals surface area contributed by atoms with Crippen LogP contribution in [-0.2, 0) is 6.54 Å². The fourth-order valence-electron chi connectivity index (χ4n) is 2.76. The predicted molar refractivity (Wildman–Crippen MR) is 116 cm³/mol. The van der Waals surface area contributed by atoms with Crippen LogP contribution in [0.25, 0.3) is 21.3 Å². The number of fused-ring (bicyclic) bond motifs is 1. The first kappa shape index (κ1) is 19.7. The van der Waals surface area contributed by atoms with Gasteiger partial charge in [-0.25, -0.2) is 9.97 Å². The number of rotatable bonds is 7. The van der Waals surface area contributed by atoms with Crippen molar-refractivity contribution in [1.29, 1.82) is 0 Å². The molecule has 1 N–H and O–H groups in total. The predicted octanol–water partition coefficient (Wildman–Crippen LogP) is 4.17. The largest absolute Gasteiger partial charge is 0.368 e. The molecular formula is C21H29N5S. The minimum absolute atomic E-state index is 0.0158. The van der Waals surface area contributed by atoms with Crippen molar-refractivity contribution in [3.05, 3.63) is 41.5 Å². The van der Waals surface area contributed by atoms with Crippen LogP contribution in [0.15, 0.2) is 35.7 Å². The molecule has 0 aliphatic carbocycles. The molecule has 0 spiro atoms. The van der Waals surface area contributed by atoms with Gasteiger partial charge in [0, 0.05) is 23.0 Å². The molecule has 144 valence electrons. The minimum Gasteiger partial charge on any atom is -0.368 e. The number of hydrogen-bond donors (Lipinski definition) is 1. The Morgan fingerprint density at radius 2 is 1.74 bits per heavy atom. The average Bonchev–Trinajstić information content (AvgIpc) is 3.04. The maximum Gasteiger partial charge on any atom is 0.146 e. The van der Waals surface area contributed by atoms with Gasteiger partial charge in [-0.3, -0.25) is 0 Å². The number of thiophene rings is 1. The van der Waals surface area contributed by atoms with E-state index in [2.05, 4.69) is 72.7 Å². The molecule has 5 nitrogen and oxygen atoms in total. The molecule has 3 rings (SSSR count). The van der Waals surface area contributed by atoms with E-state index in [1.807, 2.05) is 20.2 Å². The van der Waals surface area contributed by atoms with Gasteiger partial charge in [-0.15, -0.1) is 11.3 Å². The second-order valence-electron chi connectivity index (χ2n) is 7.98. The van der Waals surface area contributed by atoms with Crippen LogP contribution >= 0.6 is 11.3 Å². The summed E-state index contributed by atoms with van der Waals surface area (Å²) in [4.78, 5) is 15.1. The molecule has 1 aromatic carbocycles. The number of likely N-dealkylation sites (N-methyl/N-ethyl adjacent to an activating group) is 1. The van der Waals surface area contributed by atoms with E-state index in [0.717, 1.165) is 34.9 Å². The number of nitrogens with zero attached hydrogens (tertiary/aromatic N) is 4. The molecule has 0 atom stereocenters. The van der Waals surface area contributed by atoms with Crippen LogP contribution in [0.1, 0.15) is 19.7 Å². The van der Waals surface area contributed by atoms with Gasteiger partial charge in [0.05, 0.1) is 11.9 Å². The fraction of sp³-hybridized carbons (Fsp3) is 0.429. The van der Waals surface area contributed by atoms with Gasteiger partial charge in [0.15, 0.2) is 0 Å². The first-order valence-electron chi connectivity index (χ1n) is 9.17. The number of nitrogens with one attached hydrogen (secondary N) is 1. The summed E-state index contributed by atoms with van der Waals surface area (Å²) in [5.41, 5.74) is 2.40. The third-order valence-corrected chi connectivity index (χ3v) is 5.79. The van der Waals surface area contributed by atoms with Gasteiger partial charge in [-0.05, 0) is 47.6 Å². The van der Waals surface area contributed by atoms with Crippen LogP contribution in [-0.4, -0.2) is 60.0 Å². The van der Waals surface area contributed by atoms with Crippen molar-refractivity contribution >= 4 is 27.4 Å². The molecule has 0 amide bonds. The van der Waals surface area contributed by atoms with E-state index < -0.39 is 0 Å². The monoisotopic (exact) mass is 383 g/mol. The van der Waals surface area contributed by atoms with E-state index >= 15 is 0 Å². The maximum absolute atomic E-state index is 4.89. The SMILES string of the molecule is CN(C)Cc1nc(NCC(C)(C)N(C)C)c2c(-c3ccccc3)csc2n1. The van der Waals surface area contributed by atoms with Crippen LogP contribution in [0.2, 0.25) is 0 Å². The average molecular weight is 384 g/mol. The zero-order valence-electron chi connectivity index (χ0n) is 17.1. The molecule has 2 heterocycles. The Balaban J connectivity index is 2.07. The van der Waals surface area contributed by atoms with E-state index in [9.17, 15) is 0 Å². The molecule has 0 unspecified atom stereocenters. The third kappa shape index (κ3) is 4.46. The molecule has 0 bridgehead atoms. The Labute approximate surface area is 166 Å². The van der Waals surface area contributed by atoms with Gasteiger partial charge < -0.3 is 15.1 Å². The molecule has 0 aliphatic rings. The van der Waals surface area contributed by atoms with Gasteiger partial charge in [0.2, 0.25) is 0 Å². The number of anilines is 1. The molecule has 0 saturated carbocycles. The van der Waals surface area contributed by atoms with Crippen LogP contribution in [0, 0.1) is 0 Å². The fourth-order valence-corrected chi connectivity index (χ4v) is 3.72. The van der Waals surface area contributed by atoms with Gasteiger partial charge in [0.25, 0.3) is 0 Å². The molecular weight excluding hydrogens is 354 g/mol. The van der Waals surface area contributed by atoms with Crippen molar-refractivity contribution in [2.45, 2.75) is 25.9 Å². The highest BCUT2D eigenvalue weighted by Gasteiger charge is 2.22. The Morgan fingerprint density at radius 3 is 2.37 bits per heavy atom. The molecule has 3 aromatic rings.